The molecule has 0 spiro atoms. The Hall–Kier alpha value is -2.34. The molecule has 24 heavy (non-hydrogen) atoms. The molecule has 1 heterocycles. The van der Waals surface area contributed by atoms with Crippen molar-refractivity contribution in [1.29, 1.82) is 0 Å². The van der Waals surface area contributed by atoms with Crippen LogP contribution in [0.1, 0.15) is 6.92 Å². The number of amides is 1. The molecule has 3 rings (SSSR count). The predicted molar refractivity (Wildman–Crippen MR) is 94.4 cm³/mol. The first-order chi connectivity index (χ1) is 11.7. The highest BCUT2D eigenvalue weighted by molar-refractivity contribution is 8.00. The standard InChI is InChI=1S/C18H19NO4S/c1-12(18(20)19-13-4-3-5-14(10-13)21-2)24-15-6-7-16-17(11-15)23-9-8-22-16/h3-7,10-12H,8-9H2,1-2H3,(H,19,20)/t12-/m0/s1. The summed E-state index contributed by atoms with van der Waals surface area (Å²) in [5, 5.41) is 2.65. The minimum absolute atomic E-state index is 0.0665. The van der Waals surface area contributed by atoms with Crippen LogP contribution in [0.2, 0.25) is 0 Å². The third-order valence-electron chi connectivity index (χ3n) is 3.53. The van der Waals surface area contributed by atoms with Crippen LogP contribution in [0.25, 0.3) is 0 Å². The lowest BCUT2D eigenvalue weighted by Crippen LogP contribution is -2.22. The van der Waals surface area contributed by atoms with E-state index in [4.69, 9.17) is 14.2 Å². The first-order valence-corrected chi connectivity index (χ1v) is 8.55. The molecule has 1 aliphatic heterocycles. The van der Waals surface area contributed by atoms with Crippen LogP contribution >= 0.6 is 11.8 Å². The minimum Gasteiger partial charge on any atom is -0.497 e. The summed E-state index contributed by atoms with van der Waals surface area (Å²) in [7, 11) is 1.60. The molecule has 0 fully saturated rings. The summed E-state index contributed by atoms with van der Waals surface area (Å²) in [5.74, 6) is 2.12. The highest BCUT2D eigenvalue weighted by Gasteiger charge is 2.17. The molecule has 1 atom stereocenters. The highest BCUT2D eigenvalue weighted by atomic mass is 32.2. The molecule has 0 unspecified atom stereocenters. The Kier molecular flexibility index (Phi) is 5.15. The second-order valence-corrected chi connectivity index (χ2v) is 6.70. The molecule has 0 saturated carbocycles. The SMILES string of the molecule is COc1cccc(NC(=O)[C@H](C)Sc2ccc3c(c2)OCCO3)c1. The summed E-state index contributed by atoms with van der Waals surface area (Å²) in [6.45, 7) is 2.99. The number of thioether (sulfide) groups is 1. The number of nitrogens with one attached hydrogen (secondary N) is 1. The van der Waals surface area contributed by atoms with Crippen LogP contribution in [-0.2, 0) is 4.79 Å². The fourth-order valence-electron chi connectivity index (χ4n) is 2.30. The normalized spacial score (nSPS) is 13.9. The summed E-state index contributed by atoms with van der Waals surface area (Å²) >= 11 is 1.47. The van der Waals surface area contributed by atoms with Gasteiger partial charge in [-0.05, 0) is 37.3 Å². The Morgan fingerprint density at radius 2 is 1.96 bits per heavy atom. The van der Waals surface area contributed by atoms with Gasteiger partial charge in [-0.15, -0.1) is 11.8 Å². The summed E-state index contributed by atoms with van der Waals surface area (Å²) in [5.41, 5.74) is 0.717. The van der Waals surface area contributed by atoms with Gasteiger partial charge in [-0.1, -0.05) is 6.07 Å². The highest BCUT2D eigenvalue weighted by Crippen LogP contribution is 2.35. The van der Waals surface area contributed by atoms with E-state index in [0.717, 1.165) is 16.4 Å². The van der Waals surface area contributed by atoms with Gasteiger partial charge in [-0.25, -0.2) is 0 Å². The number of ether oxygens (including phenoxy) is 3. The molecule has 0 bridgehead atoms. The molecular formula is C18H19NO4S. The van der Waals surface area contributed by atoms with Crippen LogP contribution in [0.15, 0.2) is 47.4 Å². The van der Waals surface area contributed by atoms with E-state index in [-0.39, 0.29) is 11.2 Å². The molecule has 1 N–H and O–H groups in total. The Balaban J connectivity index is 1.63. The zero-order valence-corrected chi connectivity index (χ0v) is 14.4. The summed E-state index contributed by atoms with van der Waals surface area (Å²) in [6, 6.07) is 13.0. The molecule has 1 amide bonds. The topological polar surface area (TPSA) is 56.8 Å². The van der Waals surface area contributed by atoms with E-state index in [2.05, 4.69) is 5.32 Å². The maximum Gasteiger partial charge on any atom is 0.237 e. The van der Waals surface area contributed by atoms with Crippen molar-refractivity contribution in [1.82, 2.24) is 0 Å². The molecule has 0 aromatic heterocycles. The zero-order valence-electron chi connectivity index (χ0n) is 13.6. The third kappa shape index (κ3) is 3.94. The fraction of sp³-hybridized carbons (Fsp3) is 0.278. The molecule has 0 radical (unpaired) electrons. The first-order valence-electron chi connectivity index (χ1n) is 7.67. The van der Waals surface area contributed by atoms with Crippen LogP contribution < -0.4 is 19.5 Å². The van der Waals surface area contributed by atoms with Gasteiger partial charge in [-0.3, -0.25) is 4.79 Å². The number of fused-ring (bicyclic) bond motifs is 1. The predicted octanol–water partition coefficient (Wildman–Crippen LogP) is 3.59. The number of hydrogen-bond acceptors (Lipinski definition) is 5. The second kappa shape index (κ2) is 7.49. The van der Waals surface area contributed by atoms with E-state index in [9.17, 15) is 4.79 Å². The first kappa shape index (κ1) is 16.5. The van der Waals surface area contributed by atoms with Gasteiger partial charge in [0.1, 0.15) is 19.0 Å². The lowest BCUT2D eigenvalue weighted by atomic mass is 10.3. The Morgan fingerprint density at radius 1 is 1.17 bits per heavy atom. The largest absolute Gasteiger partial charge is 0.497 e. The number of hydrogen-bond donors (Lipinski definition) is 1. The van der Waals surface area contributed by atoms with E-state index < -0.39 is 0 Å². The lowest BCUT2D eigenvalue weighted by molar-refractivity contribution is -0.115. The van der Waals surface area contributed by atoms with Gasteiger partial charge in [0.25, 0.3) is 0 Å². The molecule has 0 aliphatic carbocycles. The number of anilines is 1. The molecule has 126 valence electrons. The van der Waals surface area contributed by atoms with Gasteiger partial charge < -0.3 is 19.5 Å². The van der Waals surface area contributed by atoms with Crippen LogP contribution in [0, 0.1) is 0 Å². The maximum atomic E-state index is 12.4. The van der Waals surface area contributed by atoms with Crippen LogP contribution in [0.5, 0.6) is 17.2 Å². The molecule has 2 aromatic carbocycles. The Morgan fingerprint density at radius 3 is 2.75 bits per heavy atom. The summed E-state index contributed by atoms with van der Waals surface area (Å²) in [4.78, 5) is 13.3. The molecule has 2 aromatic rings. The fourth-order valence-corrected chi connectivity index (χ4v) is 3.20. The molecule has 5 nitrogen and oxygen atoms in total. The van der Waals surface area contributed by atoms with Gasteiger partial charge in [0.15, 0.2) is 11.5 Å². The molecular weight excluding hydrogens is 326 g/mol. The van der Waals surface area contributed by atoms with E-state index in [0.29, 0.717) is 24.7 Å². The van der Waals surface area contributed by atoms with E-state index >= 15 is 0 Å². The third-order valence-corrected chi connectivity index (χ3v) is 4.63. The Labute approximate surface area is 145 Å². The van der Waals surface area contributed by atoms with Crippen molar-refractivity contribution < 1.29 is 19.0 Å². The lowest BCUT2D eigenvalue weighted by Gasteiger charge is -2.19. The number of benzene rings is 2. The van der Waals surface area contributed by atoms with Crippen molar-refractivity contribution >= 4 is 23.4 Å². The maximum absolute atomic E-state index is 12.4. The molecule has 1 aliphatic rings. The molecule has 6 heteroatoms. The van der Waals surface area contributed by atoms with E-state index in [1.165, 1.54) is 11.8 Å². The van der Waals surface area contributed by atoms with Gasteiger partial charge in [0, 0.05) is 16.6 Å². The zero-order chi connectivity index (χ0) is 16.9. The van der Waals surface area contributed by atoms with E-state index in [1.807, 2.05) is 43.3 Å². The smallest absolute Gasteiger partial charge is 0.237 e. The van der Waals surface area contributed by atoms with Gasteiger partial charge in [-0.2, -0.15) is 0 Å². The second-order valence-electron chi connectivity index (χ2n) is 5.29. The van der Waals surface area contributed by atoms with Gasteiger partial charge in [0.05, 0.1) is 12.4 Å². The number of carbonyl (C=O) groups is 1. The van der Waals surface area contributed by atoms with Crippen LogP contribution in [-0.4, -0.2) is 31.5 Å². The number of methoxy groups -OCH3 is 1. The number of rotatable bonds is 5. The van der Waals surface area contributed by atoms with Gasteiger partial charge in [0.2, 0.25) is 5.91 Å². The van der Waals surface area contributed by atoms with Crippen molar-refractivity contribution in [3.8, 4) is 17.2 Å². The molecule has 0 saturated heterocycles. The average molecular weight is 345 g/mol. The summed E-state index contributed by atoms with van der Waals surface area (Å²) in [6.07, 6.45) is 0. The van der Waals surface area contributed by atoms with Crippen molar-refractivity contribution in [3.63, 3.8) is 0 Å². The van der Waals surface area contributed by atoms with Crippen molar-refractivity contribution in [2.24, 2.45) is 0 Å². The van der Waals surface area contributed by atoms with Crippen molar-refractivity contribution in [2.45, 2.75) is 17.1 Å². The van der Waals surface area contributed by atoms with E-state index in [1.54, 1.807) is 13.2 Å². The van der Waals surface area contributed by atoms with Crippen molar-refractivity contribution in [2.75, 3.05) is 25.6 Å². The monoisotopic (exact) mass is 345 g/mol. The quantitative estimate of drug-likeness (QED) is 0.840. The van der Waals surface area contributed by atoms with Crippen molar-refractivity contribution in [3.05, 3.63) is 42.5 Å². The average Bonchev–Trinajstić information content (AvgIpc) is 2.61. The van der Waals surface area contributed by atoms with Gasteiger partial charge >= 0.3 is 0 Å². The number of carbonyl (C=O) groups excluding carboxylic acids is 1. The van der Waals surface area contributed by atoms with Crippen LogP contribution in [0.4, 0.5) is 5.69 Å². The minimum atomic E-state index is -0.251. The summed E-state index contributed by atoms with van der Waals surface area (Å²) < 4.78 is 16.2. The Bertz CT molecular complexity index is 735. The van der Waals surface area contributed by atoms with Crippen LogP contribution in [0.3, 0.4) is 0 Å².